The number of nitrogens with one attached hydrogen (secondary N) is 1. The van der Waals surface area contributed by atoms with Crippen LogP contribution in [0.1, 0.15) is 17.4 Å². The number of aromatic nitrogens is 1. The first-order chi connectivity index (χ1) is 7.63. The minimum Gasteiger partial charge on any atom is -0.397 e. The topological polar surface area (TPSA) is 77.2 Å². The first kappa shape index (κ1) is 12.4. The van der Waals surface area contributed by atoms with Crippen molar-refractivity contribution in [3.8, 4) is 0 Å². The molecule has 1 aromatic heterocycles. The third kappa shape index (κ3) is 3.86. The number of methoxy groups -OCH3 is 1. The van der Waals surface area contributed by atoms with Crippen LogP contribution in [0.15, 0.2) is 18.3 Å². The number of hydrogen-bond acceptors (Lipinski definition) is 4. The molecule has 0 aliphatic heterocycles. The molecule has 0 aromatic carbocycles. The van der Waals surface area contributed by atoms with E-state index in [9.17, 15) is 4.79 Å². The fraction of sp³-hybridized carbons (Fsp3) is 0.455. The maximum absolute atomic E-state index is 11.6. The molecule has 0 saturated heterocycles. The molecule has 5 heteroatoms. The van der Waals surface area contributed by atoms with Crippen LogP contribution in [0.4, 0.5) is 5.69 Å². The standard InChI is InChI=1S/C11H17N3O2/c1-8(7-16-2)5-14-11(15)10-4-3-9(12)6-13-10/h3-4,6,8H,5,7,12H2,1-2H3,(H,14,15). The van der Waals surface area contributed by atoms with Gasteiger partial charge in [0.15, 0.2) is 0 Å². The van der Waals surface area contributed by atoms with Gasteiger partial charge in [-0.2, -0.15) is 0 Å². The van der Waals surface area contributed by atoms with Crippen LogP contribution in [0, 0.1) is 5.92 Å². The Morgan fingerprint density at radius 3 is 2.94 bits per heavy atom. The van der Waals surface area contributed by atoms with Crippen LogP contribution in [-0.4, -0.2) is 31.2 Å². The zero-order chi connectivity index (χ0) is 12.0. The van der Waals surface area contributed by atoms with Gasteiger partial charge in [0.05, 0.1) is 18.5 Å². The molecule has 0 aliphatic rings. The lowest BCUT2D eigenvalue weighted by Crippen LogP contribution is -2.30. The number of pyridine rings is 1. The van der Waals surface area contributed by atoms with Gasteiger partial charge in [-0.3, -0.25) is 4.79 Å². The number of ether oxygens (including phenoxy) is 1. The average molecular weight is 223 g/mol. The summed E-state index contributed by atoms with van der Waals surface area (Å²) in [6, 6.07) is 3.26. The van der Waals surface area contributed by atoms with Crippen molar-refractivity contribution in [1.29, 1.82) is 0 Å². The second kappa shape index (κ2) is 6.07. The van der Waals surface area contributed by atoms with E-state index in [1.807, 2.05) is 6.92 Å². The first-order valence-corrected chi connectivity index (χ1v) is 5.12. The van der Waals surface area contributed by atoms with Crippen LogP contribution in [-0.2, 0) is 4.74 Å². The van der Waals surface area contributed by atoms with Crippen LogP contribution >= 0.6 is 0 Å². The van der Waals surface area contributed by atoms with Crippen LogP contribution in [0.3, 0.4) is 0 Å². The van der Waals surface area contributed by atoms with Crippen molar-refractivity contribution in [2.75, 3.05) is 26.0 Å². The predicted molar refractivity (Wildman–Crippen MR) is 62.0 cm³/mol. The molecule has 1 heterocycles. The van der Waals surface area contributed by atoms with Gasteiger partial charge < -0.3 is 15.8 Å². The summed E-state index contributed by atoms with van der Waals surface area (Å²) in [4.78, 5) is 15.5. The number of nitrogens with zero attached hydrogens (tertiary/aromatic N) is 1. The number of nitrogens with two attached hydrogens (primary N) is 1. The summed E-state index contributed by atoms with van der Waals surface area (Å²) in [5.41, 5.74) is 6.40. The Labute approximate surface area is 95.0 Å². The molecule has 5 nitrogen and oxygen atoms in total. The summed E-state index contributed by atoms with van der Waals surface area (Å²) in [5, 5.41) is 2.78. The summed E-state index contributed by atoms with van der Waals surface area (Å²) in [5.74, 6) is 0.0886. The van der Waals surface area contributed by atoms with E-state index >= 15 is 0 Å². The molecule has 0 bridgehead atoms. The molecule has 1 atom stereocenters. The molecule has 88 valence electrons. The van der Waals surface area contributed by atoms with E-state index in [1.54, 1.807) is 19.2 Å². The summed E-state index contributed by atoms with van der Waals surface area (Å²) < 4.78 is 4.97. The molecule has 1 rings (SSSR count). The first-order valence-electron chi connectivity index (χ1n) is 5.12. The van der Waals surface area contributed by atoms with Gasteiger partial charge in [-0.05, 0) is 18.1 Å². The molecule has 0 saturated carbocycles. The molecule has 3 N–H and O–H groups in total. The lowest BCUT2D eigenvalue weighted by molar-refractivity contribution is 0.0929. The van der Waals surface area contributed by atoms with Crippen LogP contribution in [0.25, 0.3) is 0 Å². The van der Waals surface area contributed by atoms with E-state index in [4.69, 9.17) is 10.5 Å². The van der Waals surface area contributed by atoms with Crippen molar-refractivity contribution >= 4 is 11.6 Å². The highest BCUT2D eigenvalue weighted by Crippen LogP contribution is 2.01. The Bertz CT molecular complexity index is 338. The van der Waals surface area contributed by atoms with E-state index in [0.29, 0.717) is 24.5 Å². The van der Waals surface area contributed by atoms with Crippen molar-refractivity contribution in [3.05, 3.63) is 24.0 Å². The molecule has 16 heavy (non-hydrogen) atoms. The van der Waals surface area contributed by atoms with Crippen LogP contribution in [0.2, 0.25) is 0 Å². The Morgan fingerprint density at radius 1 is 1.62 bits per heavy atom. The van der Waals surface area contributed by atoms with Crippen molar-refractivity contribution in [2.24, 2.45) is 5.92 Å². The SMILES string of the molecule is COCC(C)CNC(=O)c1ccc(N)cn1. The largest absolute Gasteiger partial charge is 0.397 e. The minimum absolute atomic E-state index is 0.192. The van der Waals surface area contributed by atoms with Gasteiger partial charge in [-0.1, -0.05) is 6.92 Å². The van der Waals surface area contributed by atoms with Crippen LogP contribution < -0.4 is 11.1 Å². The predicted octanol–water partition coefficient (Wildman–Crippen LogP) is 0.676. The number of anilines is 1. The summed E-state index contributed by atoms with van der Waals surface area (Å²) in [7, 11) is 1.64. The Hall–Kier alpha value is -1.62. The number of amides is 1. The molecule has 1 aromatic rings. The lowest BCUT2D eigenvalue weighted by atomic mass is 10.2. The monoisotopic (exact) mass is 223 g/mol. The number of carbonyl (C=O) groups excluding carboxylic acids is 1. The summed E-state index contributed by atoms with van der Waals surface area (Å²) in [6.07, 6.45) is 1.47. The van der Waals surface area contributed by atoms with Crippen molar-refractivity contribution < 1.29 is 9.53 Å². The van der Waals surface area contributed by atoms with Crippen LogP contribution in [0.5, 0.6) is 0 Å². The Morgan fingerprint density at radius 2 is 2.38 bits per heavy atom. The maximum atomic E-state index is 11.6. The summed E-state index contributed by atoms with van der Waals surface area (Å²) in [6.45, 7) is 3.19. The number of carbonyl (C=O) groups is 1. The zero-order valence-corrected chi connectivity index (χ0v) is 9.56. The fourth-order valence-corrected chi connectivity index (χ4v) is 1.24. The number of hydrogen-bond donors (Lipinski definition) is 2. The van der Waals surface area contributed by atoms with Gasteiger partial charge in [0.1, 0.15) is 5.69 Å². The van der Waals surface area contributed by atoms with Gasteiger partial charge in [0.2, 0.25) is 0 Å². The number of rotatable bonds is 5. The molecule has 0 fully saturated rings. The third-order valence-corrected chi connectivity index (χ3v) is 2.08. The molecule has 0 spiro atoms. The maximum Gasteiger partial charge on any atom is 0.269 e. The quantitative estimate of drug-likeness (QED) is 0.769. The second-order valence-corrected chi connectivity index (χ2v) is 3.75. The van der Waals surface area contributed by atoms with Gasteiger partial charge in [0.25, 0.3) is 5.91 Å². The zero-order valence-electron chi connectivity index (χ0n) is 9.56. The second-order valence-electron chi connectivity index (χ2n) is 3.75. The number of nitrogen functional groups attached to an aromatic ring is 1. The fourth-order valence-electron chi connectivity index (χ4n) is 1.24. The van der Waals surface area contributed by atoms with Gasteiger partial charge in [0, 0.05) is 13.7 Å². The molecule has 0 aliphatic carbocycles. The van der Waals surface area contributed by atoms with E-state index < -0.39 is 0 Å². The van der Waals surface area contributed by atoms with Gasteiger partial charge >= 0.3 is 0 Å². The Kier molecular flexibility index (Phi) is 4.72. The highest BCUT2D eigenvalue weighted by atomic mass is 16.5. The van der Waals surface area contributed by atoms with E-state index in [-0.39, 0.29) is 11.8 Å². The molecule has 0 radical (unpaired) electrons. The molecular formula is C11H17N3O2. The van der Waals surface area contributed by atoms with Gasteiger partial charge in [-0.25, -0.2) is 4.98 Å². The van der Waals surface area contributed by atoms with Crippen molar-refractivity contribution in [3.63, 3.8) is 0 Å². The van der Waals surface area contributed by atoms with E-state index in [1.165, 1.54) is 6.20 Å². The normalized spacial score (nSPS) is 12.1. The molecule has 1 unspecified atom stereocenters. The van der Waals surface area contributed by atoms with E-state index in [2.05, 4.69) is 10.3 Å². The van der Waals surface area contributed by atoms with Crippen molar-refractivity contribution in [2.45, 2.75) is 6.92 Å². The molecular weight excluding hydrogens is 206 g/mol. The van der Waals surface area contributed by atoms with Gasteiger partial charge in [-0.15, -0.1) is 0 Å². The Balaban J connectivity index is 2.43. The highest BCUT2D eigenvalue weighted by Gasteiger charge is 2.08. The lowest BCUT2D eigenvalue weighted by Gasteiger charge is -2.11. The van der Waals surface area contributed by atoms with E-state index in [0.717, 1.165) is 0 Å². The average Bonchev–Trinajstić information content (AvgIpc) is 2.27. The summed E-state index contributed by atoms with van der Waals surface area (Å²) >= 11 is 0. The van der Waals surface area contributed by atoms with Crippen molar-refractivity contribution in [1.82, 2.24) is 10.3 Å². The third-order valence-electron chi connectivity index (χ3n) is 2.08. The minimum atomic E-state index is -0.192. The highest BCUT2D eigenvalue weighted by molar-refractivity contribution is 5.92. The smallest absolute Gasteiger partial charge is 0.269 e. The molecule has 1 amide bonds.